The van der Waals surface area contributed by atoms with E-state index in [1.165, 1.54) is 5.56 Å². The first-order chi connectivity index (χ1) is 13.5. The van der Waals surface area contributed by atoms with E-state index in [1.807, 2.05) is 69.4 Å². The number of nitrogens with zero attached hydrogens (tertiary/aromatic N) is 2. The zero-order valence-corrected chi connectivity index (χ0v) is 16.6. The quantitative estimate of drug-likeness (QED) is 0.573. The number of amides is 1. The summed E-state index contributed by atoms with van der Waals surface area (Å²) in [5, 5.41) is 0. The molecule has 0 aliphatic carbocycles. The van der Waals surface area contributed by atoms with Crippen LogP contribution in [0.1, 0.15) is 30.4 Å². The first-order valence-corrected chi connectivity index (χ1v) is 9.52. The van der Waals surface area contributed by atoms with Crippen molar-refractivity contribution in [1.82, 2.24) is 9.88 Å². The van der Waals surface area contributed by atoms with E-state index >= 15 is 0 Å². The van der Waals surface area contributed by atoms with E-state index in [0.29, 0.717) is 31.9 Å². The number of hydrogen-bond donors (Lipinski definition) is 0. The largest absolute Gasteiger partial charge is 0.494 e. The minimum Gasteiger partial charge on any atom is -0.494 e. The minimum absolute atomic E-state index is 0.0592. The Bertz CT molecular complexity index is 898. The number of hydrogen-bond acceptors (Lipinski definition) is 4. The normalized spacial score (nSPS) is 10.7. The van der Waals surface area contributed by atoms with Crippen LogP contribution in [-0.2, 0) is 17.8 Å². The van der Waals surface area contributed by atoms with Crippen LogP contribution in [0.4, 0.5) is 0 Å². The molecule has 0 saturated heterocycles. The second-order valence-electron chi connectivity index (χ2n) is 6.81. The molecular formula is C23H26N2O3. The Morgan fingerprint density at radius 1 is 1.11 bits per heavy atom. The van der Waals surface area contributed by atoms with Gasteiger partial charge in [-0.2, -0.15) is 0 Å². The summed E-state index contributed by atoms with van der Waals surface area (Å²) in [6.45, 7) is 5.21. The first-order valence-electron chi connectivity index (χ1n) is 9.52. The Labute approximate surface area is 166 Å². The van der Waals surface area contributed by atoms with Crippen LogP contribution in [0.2, 0.25) is 0 Å². The van der Waals surface area contributed by atoms with Gasteiger partial charge in [0, 0.05) is 32.0 Å². The predicted octanol–water partition coefficient (Wildman–Crippen LogP) is 4.64. The number of benzene rings is 2. The van der Waals surface area contributed by atoms with Gasteiger partial charge in [0.25, 0.3) is 0 Å². The highest BCUT2D eigenvalue weighted by Gasteiger charge is 2.13. The van der Waals surface area contributed by atoms with Crippen molar-refractivity contribution >= 4 is 5.91 Å². The second-order valence-corrected chi connectivity index (χ2v) is 6.81. The Hall–Kier alpha value is -3.08. The van der Waals surface area contributed by atoms with Crippen molar-refractivity contribution in [2.75, 3.05) is 13.7 Å². The third kappa shape index (κ3) is 5.22. The molecule has 5 heteroatoms. The average Bonchev–Trinajstić information content (AvgIpc) is 3.17. The number of ether oxygens (including phenoxy) is 1. The molecule has 0 bridgehead atoms. The summed E-state index contributed by atoms with van der Waals surface area (Å²) in [7, 11) is 1.81. The summed E-state index contributed by atoms with van der Waals surface area (Å²) >= 11 is 0. The molecule has 3 aromatic rings. The van der Waals surface area contributed by atoms with Crippen molar-refractivity contribution in [3.05, 3.63) is 71.7 Å². The zero-order valence-electron chi connectivity index (χ0n) is 16.6. The van der Waals surface area contributed by atoms with Crippen molar-refractivity contribution in [2.45, 2.75) is 33.2 Å². The van der Waals surface area contributed by atoms with E-state index in [0.717, 1.165) is 22.6 Å². The fourth-order valence-electron chi connectivity index (χ4n) is 2.90. The number of carbonyl (C=O) groups excluding carboxylic acids is 1. The molecule has 0 unspecified atom stereocenters. The zero-order chi connectivity index (χ0) is 19.9. The van der Waals surface area contributed by atoms with Gasteiger partial charge in [-0.15, -0.1) is 0 Å². The van der Waals surface area contributed by atoms with Gasteiger partial charge in [0.2, 0.25) is 5.91 Å². The van der Waals surface area contributed by atoms with Gasteiger partial charge in [-0.25, -0.2) is 4.98 Å². The van der Waals surface area contributed by atoms with E-state index < -0.39 is 0 Å². The van der Waals surface area contributed by atoms with Gasteiger partial charge in [-0.3, -0.25) is 4.79 Å². The molecule has 0 atom stereocenters. The minimum atomic E-state index is 0.0592. The van der Waals surface area contributed by atoms with Crippen LogP contribution >= 0.6 is 0 Å². The van der Waals surface area contributed by atoms with Crippen molar-refractivity contribution in [1.29, 1.82) is 0 Å². The summed E-state index contributed by atoms with van der Waals surface area (Å²) in [6.07, 6.45) is 2.56. The van der Waals surface area contributed by atoms with E-state index in [-0.39, 0.29) is 5.91 Å². The van der Waals surface area contributed by atoms with E-state index in [1.54, 1.807) is 11.1 Å². The monoisotopic (exact) mass is 378 g/mol. The molecule has 1 amide bonds. The Balaban J connectivity index is 1.51. The number of carbonyl (C=O) groups is 1. The Morgan fingerprint density at radius 3 is 2.50 bits per heavy atom. The van der Waals surface area contributed by atoms with Crippen LogP contribution in [0.5, 0.6) is 5.75 Å². The highest BCUT2D eigenvalue weighted by Crippen LogP contribution is 2.21. The standard InChI is InChI=1S/C23H26N2O3/c1-4-27-20-11-7-18(8-12-20)16-25(3)23(26)14-13-22-24-15-21(28-22)19-9-5-17(2)6-10-19/h5-12,15H,4,13-14,16H2,1-3H3. The van der Waals surface area contributed by atoms with Crippen LogP contribution in [0, 0.1) is 6.92 Å². The maximum atomic E-state index is 12.4. The summed E-state index contributed by atoms with van der Waals surface area (Å²) in [6, 6.07) is 15.9. The first kappa shape index (κ1) is 19.7. The molecule has 1 heterocycles. The van der Waals surface area contributed by atoms with E-state index in [4.69, 9.17) is 9.15 Å². The number of aromatic nitrogens is 1. The van der Waals surface area contributed by atoms with Gasteiger partial charge in [0.15, 0.2) is 11.7 Å². The summed E-state index contributed by atoms with van der Waals surface area (Å²) in [5.41, 5.74) is 3.25. The molecule has 0 aliphatic heterocycles. The molecule has 0 radical (unpaired) electrons. The molecule has 1 aromatic heterocycles. The summed E-state index contributed by atoms with van der Waals surface area (Å²) in [5.74, 6) is 2.21. The van der Waals surface area contributed by atoms with Gasteiger partial charge >= 0.3 is 0 Å². The van der Waals surface area contributed by atoms with Crippen LogP contribution in [0.15, 0.2) is 59.1 Å². The highest BCUT2D eigenvalue weighted by atomic mass is 16.5. The molecule has 146 valence electrons. The van der Waals surface area contributed by atoms with Crippen molar-refractivity contribution in [3.8, 4) is 17.1 Å². The average molecular weight is 378 g/mol. The van der Waals surface area contributed by atoms with Gasteiger partial charge in [-0.05, 0) is 31.5 Å². The van der Waals surface area contributed by atoms with Crippen LogP contribution in [0.3, 0.4) is 0 Å². The molecule has 0 saturated carbocycles. The molecule has 28 heavy (non-hydrogen) atoms. The lowest BCUT2D eigenvalue weighted by Gasteiger charge is -2.17. The fourth-order valence-corrected chi connectivity index (χ4v) is 2.90. The molecule has 0 N–H and O–H groups in total. The van der Waals surface area contributed by atoms with Crippen molar-refractivity contribution < 1.29 is 13.9 Å². The maximum Gasteiger partial charge on any atom is 0.223 e. The lowest BCUT2D eigenvalue weighted by atomic mass is 10.1. The van der Waals surface area contributed by atoms with E-state index in [2.05, 4.69) is 4.98 Å². The van der Waals surface area contributed by atoms with Crippen LogP contribution < -0.4 is 4.74 Å². The second kappa shape index (κ2) is 9.22. The van der Waals surface area contributed by atoms with Crippen LogP contribution in [-0.4, -0.2) is 29.4 Å². The molecule has 5 nitrogen and oxygen atoms in total. The van der Waals surface area contributed by atoms with Gasteiger partial charge < -0.3 is 14.1 Å². The number of oxazole rings is 1. The Kier molecular flexibility index (Phi) is 6.48. The summed E-state index contributed by atoms with van der Waals surface area (Å²) in [4.78, 5) is 18.5. The van der Waals surface area contributed by atoms with E-state index in [9.17, 15) is 4.79 Å². The molecule has 3 rings (SSSR count). The fraction of sp³-hybridized carbons (Fsp3) is 0.304. The van der Waals surface area contributed by atoms with Gasteiger partial charge in [0.05, 0.1) is 12.8 Å². The lowest BCUT2D eigenvalue weighted by molar-refractivity contribution is -0.130. The molecular weight excluding hydrogens is 352 g/mol. The molecule has 2 aromatic carbocycles. The third-order valence-electron chi connectivity index (χ3n) is 4.52. The van der Waals surface area contributed by atoms with Crippen LogP contribution in [0.25, 0.3) is 11.3 Å². The SMILES string of the molecule is CCOc1ccc(CN(C)C(=O)CCc2ncc(-c3ccc(C)cc3)o2)cc1. The van der Waals surface area contributed by atoms with Gasteiger partial charge in [0.1, 0.15) is 5.75 Å². The topological polar surface area (TPSA) is 55.6 Å². The molecule has 0 aliphatic rings. The van der Waals surface area contributed by atoms with Crippen molar-refractivity contribution in [2.24, 2.45) is 0 Å². The van der Waals surface area contributed by atoms with Gasteiger partial charge in [-0.1, -0.05) is 42.0 Å². The maximum absolute atomic E-state index is 12.4. The predicted molar refractivity (Wildman–Crippen MR) is 109 cm³/mol. The third-order valence-corrected chi connectivity index (χ3v) is 4.52. The number of aryl methyl sites for hydroxylation is 2. The number of rotatable bonds is 8. The Morgan fingerprint density at radius 2 is 1.82 bits per heavy atom. The summed E-state index contributed by atoms with van der Waals surface area (Å²) < 4.78 is 11.2. The smallest absolute Gasteiger partial charge is 0.223 e. The molecule has 0 fully saturated rings. The lowest BCUT2D eigenvalue weighted by Crippen LogP contribution is -2.26. The highest BCUT2D eigenvalue weighted by molar-refractivity contribution is 5.76. The van der Waals surface area contributed by atoms with Crippen molar-refractivity contribution in [3.63, 3.8) is 0 Å². The molecule has 0 spiro atoms.